The molecule has 1 aromatic rings. The van der Waals surface area contributed by atoms with E-state index in [1.165, 1.54) is 6.42 Å². The molecule has 2 saturated heterocycles. The van der Waals surface area contributed by atoms with E-state index in [1.54, 1.807) is 21.3 Å². The minimum absolute atomic E-state index is 0.318. The van der Waals surface area contributed by atoms with Gasteiger partial charge in [0, 0.05) is 55.9 Å². The average molecular weight is 392 g/mol. The lowest BCUT2D eigenvalue weighted by Crippen LogP contribution is -2.41. The minimum atomic E-state index is 0.318. The maximum absolute atomic E-state index is 5.65. The van der Waals surface area contributed by atoms with Crippen LogP contribution in [0.15, 0.2) is 17.1 Å². The lowest BCUT2D eigenvalue weighted by atomic mass is 9.87. The second-order valence-corrected chi connectivity index (χ2v) is 7.47. The van der Waals surface area contributed by atoms with E-state index in [4.69, 9.17) is 23.9 Å². The summed E-state index contributed by atoms with van der Waals surface area (Å²) in [5, 5.41) is 3.45. The second-order valence-electron chi connectivity index (χ2n) is 7.47. The molecule has 1 N–H and O–H groups in total. The van der Waals surface area contributed by atoms with E-state index in [0.29, 0.717) is 12.0 Å². The molecule has 2 heterocycles. The summed E-state index contributed by atoms with van der Waals surface area (Å²) >= 11 is 0. The SMILES string of the molecule is CCNC(=NCCc1c(OC)cc(OC)cc1OC)N1CCC2(CCOC2)C1. The van der Waals surface area contributed by atoms with E-state index < -0.39 is 0 Å². The highest BCUT2D eigenvalue weighted by Gasteiger charge is 2.42. The Morgan fingerprint density at radius 3 is 2.50 bits per heavy atom. The third-order valence-corrected chi connectivity index (χ3v) is 5.70. The second kappa shape index (κ2) is 9.37. The van der Waals surface area contributed by atoms with Crippen molar-refractivity contribution in [3.8, 4) is 17.2 Å². The number of benzene rings is 1. The minimum Gasteiger partial charge on any atom is -0.496 e. The molecule has 0 aromatic heterocycles. The number of ether oxygens (including phenoxy) is 4. The van der Waals surface area contributed by atoms with Crippen LogP contribution >= 0.6 is 0 Å². The molecule has 0 amide bonds. The summed E-state index contributed by atoms with van der Waals surface area (Å²) in [6.45, 7) is 7.44. The van der Waals surface area contributed by atoms with Gasteiger partial charge in [-0.25, -0.2) is 0 Å². The van der Waals surface area contributed by atoms with E-state index in [1.807, 2.05) is 12.1 Å². The highest BCUT2D eigenvalue weighted by Crippen LogP contribution is 2.38. The molecule has 1 atom stereocenters. The van der Waals surface area contributed by atoms with Gasteiger partial charge in [0.1, 0.15) is 17.2 Å². The quantitative estimate of drug-likeness (QED) is 0.569. The fraction of sp³-hybridized carbons (Fsp3) is 0.667. The van der Waals surface area contributed by atoms with Crippen LogP contribution in [-0.2, 0) is 11.2 Å². The fourth-order valence-electron chi connectivity index (χ4n) is 4.11. The van der Waals surface area contributed by atoms with Crippen LogP contribution in [0.2, 0.25) is 0 Å². The van der Waals surface area contributed by atoms with Gasteiger partial charge in [0.25, 0.3) is 0 Å². The van der Waals surface area contributed by atoms with Gasteiger partial charge in [-0.2, -0.15) is 0 Å². The van der Waals surface area contributed by atoms with Crippen molar-refractivity contribution >= 4 is 5.96 Å². The molecule has 0 bridgehead atoms. The van der Waals surface area contributed by atoms with Crippen molar-refractivity contribution in [3.63, 3.8) is 0 Å². The van der Waals surface area contributed by atoms with E-state index in [9.17, 15) is 0 Å². The molecule has 1 unspecified atom stereocenters. The molecule has 28 heavy (non-hydrogen) atoms. The summed E-state index contributed by atoms with van der Waals surface area (Å²) in [6.07, 6.45) is 3.06. The van der Waals surface area contributed by atoms with E-state index in [-0.39, 0.29) is 0 Å². The van der Waals surface area contributed by atoms with Crippen molar-refractivity contribution in [2.24, 2.45) is 10.4 Å². The van der Waals surface area contributed by atoms with E-state index in [0.717, 1.165) is 74.5 Å². The Labute approximate surface area is 168 Å². The van der Waals surface area contributed by atoms with Crippen LogP contribution in [0.1, 0.15) is 25.3 Å². The Kier molecular flexibility index (Phi) is 6.88. The Bertz CT molecular complexity index is 661. The molecule has 0 aliphatic carbocycles. The Balaban J connectivity index is 1.71. The Hall–Kier alpha value is -2.15. The normalized spacial score (nSPS) is 22.0. The maximum atomic E-state index is 5.65. The average Bonchev–Trinajstić information content (AvgIpc) is 3.36. The van der Waals surface area contributed by atoms with Crippen LogP contribution in [0.4, 0.5) is 0 Å². The molecule has 2 aliphatic heterocycles. The number of hydrogen-bond acceptors (Lipinski definition) is 5. The first-order valence-corrected chi connectivity index (χ1v) is 10.0. The van der Waals surface area contributed by atoms with Gasteiger partial charge in [0.2, 0.25) is 0 Å². The van der Waals surface area contributed by atoms with E-state index in [2.05, 4.69) is 17.1 Å². The van der Waals surface area contributed by atoms with Crippen molar-refractivity contribution in [2.75, 3.05) is 60.7 Å². The molecule has 1 aromatic carbocycles. The number of hydrogen-bond donors (Lipinski definition) is 1. The van der Waals surface area contributed by atoms with Gasteiger partial charge in [0.05, 0.1) is 27.9 Å². The molecular formula is C21H33N3O4. The molecular weight excluding hydrogens is 358 g/mol. The number of guanidine groups is 1. The first kappa shape index (κ1) is 20.6. The van der Waals surface area contributed by atoms with Crippen LogP contribution < -0.4 is 19.5 Å². The summed E-state index contributed by atoms with van der Waals surface area (Å²) in [5.74, 6) is 3.23. The van der Waals surface area contributed by atoms with Crippen LogP contribution in [0.3, 0.4) is 0 Å². The highest BCUT2D eigenvalue weighted by molar-refractivity contribution is 5.80. The monoisotopic (exact) mass is 391 g/mol. The van der Waals surface area contributed by atoms with Crippen molar-refractivity contribution in [2.45, 2.75) is 26.2 Å². The summed E-state index contributed by atoms with van der Waals surface area (Å²) in [6, 6.07) is 3.77. The third-order valence-electron chi connectivity index (χ3n) is 5.70. The predicted octanol–water partition coefficient (Wildman–Crippen LogP) is 2.33. The molecule has 156 valence electrons. The molecule has 0 radical (unpaired) electrons. The number of rotatable bonds is 7. The first-order chi connectivity index (χ1) is 13.6. The molecule has 2 fully saturated rings. The molecule has 2 aliphatic rings. The standard InChI is InChI=1S/C21H33N3O4/c1-5-22-20(24-10-7-21(14-24)8-11-28-15-21)23-9-6-17-18(26-3)12-16(25-2)13-19(17)27-4/h12-13H,5-11,14-15H2,1-4H3,(H,22,23). The summed E-state index contributed by atoms with van der Waals surface area (Å²) in [4.78, 5) is 7.26. The third kappa shape index (κ3) is 4.46. The number of methoxy groups -OCH3 is 3. The van der Waals surface area contributed by atoms with Crippen molar-refractivity contribution in [1.29, 1.82) is 0 Å². The van der Waals surface area contributed by atoms with Gasteiger partial charge in [0.15, 0.2) is 5.96 Å². The maximum Gasteiger partial charge on any atom is 0.193 e. The van der Waals surface area contributed by atoms with Crippen LogP contribution in [0.5, 0.6) is 17.2 Å². The summed E-state index contributed by atoms with van der Waals surface area (Å²) in [5.41, 5.74) is 1.33. The molecule has 7 nitrogen and oxygen atoms in total. The van der Waals surface area contributed by atoms with Crippen molar-refractivity contribution < 1.29 is 18.9 Å². The molecule has 1 spiro atoms. The highest BCUT2D eigenvalue weighted by atomic mass is 16.5. The number of nitrogens with zero attached hydrogens (tertiary/aromatic N) is 2. The van der Waals surface area contributed by atoms with Crippen LogP contribution in [-0.4, -0.2) is 71.6 Å². The lowest BCUT2D eigenvalue weighted by Gasteiger charge is -2.25. The van der Waals surface area contributed by atoms with Gasteiger partial charge in [-0.3, -0.25) is 4.99 Å². The van der Waals surface area contributed by atoms with Crippen LogP contribution in [0, 0.1) is 5.41 Å². The molecule has 3 rings (SSSR count). The van der Waals surface area contributed by atoms with E-state index >= 15 is 0 Å². The summed E-state index contributed by atoms with van der Waals surface area (Å²) in [7, 11) is 4.97. The Morgan fingerprint density at radius 2 is 1.93 bits per heavy atom. The van der Waals surface area contributed by atoms with Gasteiger partial charge < -0.3 is 29.2 Å². The van der Waals surface area contributed by atoms with Gasteiger partial charge in [-0.1, -0.05) is 0 Å². The van der Waals surface area contributed by atoms with Gasteiger partial charge in [-0.15, -0.1) is 0 Å². The number of likely N-dealkylation sites (tertiary alicyclic amines) is 1. The first-order valence-electron chi connectivity index (χ1n) is 10.0. The molecule has 7 heteroatoms. The largest absolute Gasteiger partial charge is 0.496 e. The zero-order chi connectivity index (χ0) is 20.0. The van der Waals surface area contributed by atoms with Crippen molar-refractivity contribution in [3.05, 3.63) is 17.7 Å². The van der Waals surface area contributed by atoms with Crippen molar-refractivity contribution in [1.82, 2.24) is 10.2 Å². The predicted molar refractivity (Wildman–Crippen MR) is 110 cm³/mol. The number of aliphatic imine (C=N–C) groups is 1. The smallest absolute Gasteiger partial charge is 0.193 e. The van der Waals surface area contributed by atoms with Gasteiger partial charge >= 0.3 is 0 Å². The topological polar surface area (TPSA) is 64.6 Å². The summed E-state index contributed by atoms with van der Waals surface area (Å²) < 4.78 is 22.1. The van der Waals surface area contributed by atoms with Gasteiger partial charge in [-0.05, 0) is 26.2 Å². The van der Waals surface area contributed by atoms with Crippen LogP contribution in [0.25, 0.3) is 0 Å². The fourth-order valence-corrected chi connectivity index (χ4v) is 4.11. The Morgan fingerprint density at radius 1 is 1.18 bits per heavy atom. The lowest BCUT2D eigenvalue weighted by molar-refractivity contribution is 0.156. The molecule has 0 saturated carbocycles. The zero-order valence-electron chi connectivity index (χ0n) is 17.5. The number of nitrogens with one attached hydrogen (secondary N) is 1. The zero-order valence-corrected chi connectivity index (χ0v) is 17.5.